The molecule has 1 aromatic carbocycles. The first kappa shape index (κ1) is 11.1. The van der Waals surface area contributed by atoms with E-state index in [1.54, 1.807) is 24.0 Å². The third-order valence-corrected chi connectivity index (χ3v) is 2.50. The summed E-state index contributed by atoms with van der Waals surface area (Å²) >= 11 is 5.75. The minimum absolute atomic E-state index is 0.131. The minimum Gasteiger partial charge on any atom is -0.382 e. The second-order valence-electron chi connectivity index (χ2n) is 3.48. The molecule has 0 saturated heterocycles. The summed E-state index contributed by atoms with van der Waals surface area (Å²) < 4.78 is 15.0. The highest BCUT2D eigenvalue weighted by Gasteiger charge is 2.17. The van der Waals surface area contributed by atoms with Gasteiger partial charge in [-0.05, 0) is 24.3 Å². The molecule has 1 N–H and O–H groups in total. The number of aliphatic hydroxyl groups excluding tert-OH is 1. The van der Waals surface area contributed by atoms with Crippen molar-refractivity contribution in [3.05, 3.63) is 52.6 Å². The van der Waals surface area contributed by atoms with Crippen LogP contribution in [0, 0.1) is 5.82 Å². The van der Waals surface area contributed by atoms with E-state index in [1.807, 2.05) is 0 Å². The topological polar surface area (TPSA) is 38.0 Å². The van der Waals surface area contributed by atoms with Crippen LogP contribution >= 0.6 is 11.6 Å². The van der Waals surface area contributed by atoms with Crippen LogP contribution in [-0.4, -0.2) is 14.9 Å². The molecule has 0 spiro atoms. The summed E-state index contributed by atoms with van der Waals surface area (Å²) in [5, 5.41) is 14.3. The van der Waals surface area contributed by atoms with Gasteiger partial charge in [0.15, 0.2) is 0 Å². The smallest absolute Gasteiger partial charge is 0.129 e. The summed E-state index contributed by atoms with van der Waals surface area (Å²) in [7, 11) is 1.73. The van der Waals surface area contributed by atoms with Gasteiger partial charge < -0.3 is 5.11 Å². The predicted octanol–water partition coefficient (Wildman–Crippen LogP) is 2.29. The average molecular weight is 241 g/mol. The molecule has 0 aliphatic carbocycles. The maximum Gasteiger partial charge on any atom is 0.129 e. The fourth-order valence-corrected chi connectivity index (χ4v) is 1.64. The van der Waals surface area contributed by atoms with E-state index < -0.39 is 11.9 Å². The van der Waals surface area contributed by atoms with Crippen molar-refractivity contribution in [2.75, 3.05) is 0 Å². The molecular weight excluding hydrogens is 231 g/mol. The number of aryl methyl sites for hydroxylation is 1. The number of aromatic nitrogens is 2. The van der Waals surface area contributed by atoms with Crippen LogP contribution in [-0.2, 0) is 7.05 Å². The Morgan fingerprint density at radius 3 is 2.81 bits per heavy atom. The number of hydrogen-bond donors (Lipinski definition) is 1. The molecule has 84 valence electrons. The Kier molecular flexibility index (Phi) is 2.94. The van der Waals surface area contributed by atoms with Crippen LogP contribution in [0.3, 0.4) is 0 Å². The fraction of sp³-hybridized carbons (Fsp3) is 0.182. The highest BCUT2D eigenvalue weighted by molar-refractivity contribution is 6.30. The summed E-state index contributed by atoms with van der Waals surface area (Å²) in [6.45, 7) is 0. The van der Waals surface area contributed by atoms with Crippen LogP contribution in [0.1, 0.15) is 17.4 Å². The Balaban J connectivity index is 2.40. The lowest BCUT2D eigenvalue weighted by Crippen LogP contribution is -2.04. The van der Waals surface area contributed by atoms with Crippen molar-refractivity contribution in [1.29, 1.82) is 0 Å². The molecule has 1 aromatic heterocycles. The molecule has 0 radical (unpaired) electrons. The number of rotatable bonds is 2. The normalized spacial score (nSPS) is 12.8. The Morgan fingerprint density at radius 2 is 2.19 bits per heavy atom. The molecule has 0 saturated carbocycles. The van der Waals surface area contributed by atoms with Gasteiger partial charge in [-0.25, -0.2) is 4.39 Å². The summed E-state index contributed by atoms with van der Waals surface area (Å²) in [5.74, 6) is -0.498. The molecule has 5 heteroatoms. The highest BCUT2D eigenvalue weighted by Crippen LogP contribution is 2.25. The van der Waals surface area contributed by atoms with E-state index in [2.05, 4.69) is 5.10 Å². The average Bonchev–Trinajstić information content (AvgIpc) is 2.67. The van der Waals surface area contributed by atoms with Gasteiger partial charge in [0.2, 0.25) is 0 Å². The lowest BCUT2D eigenvalue weighted by Gasteiger charge is -2.09. The fourth-order valence-electron chi connectivity index (χ4n) is 1.46. The van der Waals surface area contributed by atoms with Crippen LogP contribution in [0.25, 0.3) is 0 Å². The third-order valence-electron chi connectivity index (χ3n) is 2.27. The molecule has 1 heterocycles. The second kappa shape index (κ2) is 4.23. The molecule has 0 fully saturated rings. The Labute approximate surface area is 97.1 Å². The van der Waals surface area contributed by atoms with Gasteiger partial charge in [0, 0.05) is 23.8 Å². The van der Waals surface area contributed by atoms with Crippen molar-refractivity contribution in [3.8, 4) is 0 Å². The quantitative estimate of drug-likeness (QED) is 0.875. The van der Waals surface area contributed by atoms with Gasteiger partial charge in [-0.3, -0.25) is 4.68 Å². The third kappa shape index (κ3) is 2.08. The Morgan fingerprint density at radius 1 is 1.44 bits per heavy atom. The predicted molar refractivity (Wildman–Crippen MR) is 58.7 cm³/mol. The minimum atomic E-state index is -1.10. The van der Waals surface area contributed by atoms with Gasteiger partial charge >= 0.3 is 0 Å². The lowest BCUT2D eigenvalue weighted by molar-refractivity contribution is 0.209. The number of nitrogens with zero attached hydrogens (tertiary/aromatic N) is 2. The van der Waals surface area contributed by atoms with Gasteiger partial charge in [-0.1, -0.05) is 11.6 Å². The van der Waals surface area contributed by atoms with Crippen LogP contribution in [0.15, 0.2) is 30.5 Å². The first-order chi connectivity index (χ1) is 7.58. The zero-order chi connectivity index (χ0) is 11.7. The van der Waals surface area contributed by atoms with E-state index in [-0.39, 0.29) is 5.56 Å². The molecule has 2 aromatic rings. The zero-order valence-corrected chi connectivity index (χ0v) is 9.32. The van der Waals surface area contributed by atoms with Gasteiger partial charge in [-0.2, -0.15) is 5.10 Å². The number of halogens is 2. The van der Waals surface area contributed by atoms with Crippen LogP contribution < -0.4 is 0 Å². The van der Waals surface area contributed by atoms with E-state index in [0.717, 1.165) is 0 Å². The SMILES string of the molecule is Cn1ccc(C(O)c2cc(Cl)ccc2F)n1. The van der Waals surface area contributed by atoms with Crippen LogP contribution in [0.2, 0.25) is 5.02 Å². The molecule has 0 aliphatic heterocycles. The standard InChI is InChI=1S/C11H10ClFN2O/c1-15-5-4-10(14-15)11(16)8-6-7(12)2-3-9(8)13/h2-6,11,16H,1H3. The van der Waals surface area contributed by atoms with E-state index in [1.165, 1.54) is 18.2 Å². The van der Waals surface area contributed by atoms with Crippen LogP contribution in [0.5, 0.6) is 0 Å². The largest absolute Gasteiger partial charge is 0.382 e. The number of hydrogen-bond acceptors (Lipinski definition) is 2. The summed E-state index contributed by atoms with van der Waals surface area (Å²) in [5.41, 5.74) is 0.523. The monoisotopic (exact) mass is 240 g/mol. The van der Waals surface area contributed by atoms with E-state index >= 15 is 0 Å². The van der Waals surface area contributed by atoms with Crippen molar-refractivity contribution >= 4 is 11.6 Å². The second-order valence-corrected chi connectivity index (χ2v) is 3.92. The first-order valence-corrected chi connectivity index (χ1v) is 5.08. The molecule has 3 nitrogen and oxygen atoms in total. The molecule has 0 aliphatic rings. The van der Waals surface area contributed by atoms with E-state index in [0.29, 0.717) is 10.7 Å². The molecule has 0 bridgehead atoms. The summed E-state index contributed by atoms with van der Waals surface area (Å²) in [6, 6.07) is 5.69. The van der Waals surface area contributed by atoms with Crippen LogP contribution in [0.4, 0.5) is 4.39 Å². The van der Waals surface area contributed by atoms with Gasteiger partial charge in [0.05, 0.1) is 5.69 Å². The summed E-state index contributed by atoms with van der Waals surface area (Å²) in [6.07, 6.45) is 0.584. The van der Waals surface area contributed by atoms with Crippen molar-refractivity contribution < 1.29 is 9.50 Å². The molecule has 1 unspecified atom stereocenters. The molecule has 0 amide bonds. The number of aliphatic hydroxyl groups is 1. The Bertz CT molecular complexity index is 512. The maximum absolute atomic E-state index is 13.5. The zero-order valence-electron chi connectivity index (χ0n) is 8.56. The highest BCUT2D eigenvalue weighted by atomic mass is 35.5. The van der Waals surface area contributed by atoms with E-state index in [9.17, 15) is 9.50 Å². The summed E-state index contributed by atoms with van der Waals surface area (Å²) in [4.78, 5) is 0. The molecular formula is C11H10ClFN2O. The molecule has 2 rings (SSSR count). The van der Waals surface area contributed by atoms with Crippen molar-refractivity contribution in [2.45, 2.75) is 6.10 Å². The lowest BCUT2D eigenvalue weighted by atomic mass is 10.1. The van der Waals surface area contributed by atoms with Gasteiger partial charge in [0.25, 0.3) is 0 Å². The Hall–Kier alpha value is -1.39. The van der Waals surface area contributed by atoms with Crippen molar-refractivity contribution in [3.63, 3.8) is 0 Å². The van der Waals surface area contributed by atoms with Gasteiger partial charge in [-0.15, -0.1) is 0 Å². The van der Waals surface area contributed by atoms with E-state index in [4.69, 9.17) is 11.6 Å². The number of benzene rings is 1. The molecule has 1 atom stereocenters. The maximum atomic E-state index is 13.5. The van der Waals surface area contributed by atoms with Gasteiger partial charge in [0.1, 0.15) is 11.9 Å². The first-order valence-electron chi connectivity index (χ1n) is 4.70. The van der Waals surface area contributed by atoms with Crippen molar-refractivity contribution in [2.24, 2.45) is 7.05 Å². The molecule has 16 heavy (non-hydrogen) atoms. The van der Waals surface area contributed by atoms with Crippen molar-refractivity contribution in [1.82, 2.24) is 9.78 Å².